The van der Waals surface area contributed by atoms with Crippen molar-refractivity contribution in [3.05, 3.63) is 94.2 Å². The Morgan fingerprint density at radius 3 is 2.22 bits per heavy atom. The lowest BCUT2D eigenvalue weighted by Gasteiger charge is -2.30. The van der Waals surface area contributed by atoms with E-state index in [2.05, 4.69) is 4.98 Å². The summed E-state index contributed by atoms with van der Waals surface area (Å²) in [6.07, 6.45) is -0.371. The first-order valence-corrected chi connectivity index (χ1v) is 11.4. The molecule has 184 valence electrons. The summed E-state index contributed by atoms with van der Waals surface area (Å²) in [4.78, 5) is 45.7. The van der Waals surface area contributed by atoms with E-state index in [4.69, 9.17) is 0 Å². The molecule has 0 saturated carbocycles. The van der Waals surface area contributed by atoms with Gasteiger partial charge in [-0.05, 0) is 42.0 Å². The Hall–Kier alpha value is -3.70. The Morgan fingerprint density at radius 2 is 1.61 bits per heavy atom. The van der Waals surface area contributed by atoms with Crippen molar-refractivity contribution in [2.75, 3.05) is 11.9 Å². The number of carbonyl (C=O) groups is 3. The van der Waals surface area contributed by atoms with Crippen LogP contribution in [0.5, 0.6) is 0 Å². The molecule has 36 heavy (non-hydrogen) atoms. The zero-order chi connectivity index (χ0) is 24.9. The fourth-order valence-corrected chi connectivity index (χ4v) is 4.89. The molecule has 11 heteroatoms. The number of rotatable bonds is 5. The van der Waals surface area contributed by atoms with Gasteiger partial charge in [-0.25, -0.2) is 18.2 Å². The fraction of sp³-hybridized carbons (Fsp3) is 0.120. The van der Waals surface area contributed by atoms with Gasteiger partial charge in [-0.2, -0.15) is 13.5 Å². The van der Waals surface area contributed by atoms with Gasteiger partial charge in [0.15, 0.2) is 5.82 Å². The first-order chi connectivity index (χ1) is 16.8. The molecule has 0 unspecified atom stereocenters. The number of thiazole rings is 1. The molecule has 0 saturated heterocycles. The number of amides is 3. The zero-order valence-electron chi connectivity index (χ0n) is 18.7. The third-order valence-electron chi connectivity index (χ3n) is 5.89. The largest absolute Gasteiger partial charge is 0.311 e. The van der Waals surface area contributed by atoms with Crippen LogP contribution in [-0.4, -0.2) is 40.7 Å². The third kappa shape index (κ3) is 4.24. The molecule has 1 atom stereocenters. The SMILES string of the molecule is CN(C(=O)[C@H](Cc1cc(F)cc(F)c1)N1C(=O)c2ccccc2C1=O)c1ccc2scnc2c1F.S. The average Bonchev–Trinajstić information content (AvgIpc) is 3.40. The molecule has 5 rings (SSSR count). The predicted octanol–water partition coefficient (Wildman–Crippen LogP) is 4.70. The quantitative estimate of drug-likeness (QED) is 0.352. The smallest absolute Gasteiger partial charge is 0.262 e. The molecule has 0 aliphatic carbocycles. The summed E-state index contributed by atoms with van der Waals surface area (Å²) in [6, 6.07) is 10.3. The number of anilines is 1. The summed E-state index contributed by atoms with van der Waals surface area (Å²) in [7, 11) is 1.30. The monoisotopic (exact) mass is 529 g/mol. The molecule has 3 amide bonds. The van der Waals surface area contributed by atoms with Crippen molar-refractivity contribution in [1.29, 1.82) is 0 Å². The number of imide groups is 1. The Bertz CT molecular complexity index is 1470. The second-order valence-electron chi connectivity index (χ2n) is 8.02. The molecule has 1 aliphatic heterocycles. The number of halogens is 3. The number of likely N-dealkylation sites (N-methyl/N-ethyl adjacent to an activating group) is 1. The van der Waals surface area contributed by atoms with Gasteiger partial charge in [0.25, 0.3) is 11.8 Å². The highest BCUT2D eigenvalue weighted by atomic mass is 32.1. The van der Waals surface area contributed by atoms with Gasteiger partial charge in [0.2, 0.25) is 5.91 Å². The normalized spacial score (nSPS) is 13.5. The molecule has 0 radical (unpaired) electrons. The summed E-state index contributed by atoms with van der Waals surface area (Å²) in [5.74, 6) is -4.73. The van der Waals surface area contributed by atoms with E-state index in [0.717, 1.165) is 21.9 Å². The van der Waals surface area contributed by atoms with Gasteiger partial charge in [-0.1, -0.05) is 12.1 Å². The van der Waals surface area contributed by atoms with E-state index in [-0.39, 0.29) is 47.8 Å². The van der Waals surface area contributed by atoms with Crippen LogP contribution in [0.1, 0.15) is 26.3 Å². The van der Waals surface area contributed by atoms with Gasteiger partial charge in [0.05, 0.1) is 27.0 Å². The van der Waals surface area contributed by atoms with Crippen LogP contribution in [0, 0.1) is 17.5 Å². The van der Waals surface area contributed by atoms with Gasteiger partial charge < -0.3 is 4.90 Å². The zero-order valence-corrected chi connectivity index (χ0v) is 20.5. The molecular formula is C25H18F3N3O3S2. The average molecular weight is 530 g/mol. The van der Waals surface area contributed by atoms with Gasteiger partial charge in [-0.3, -0.25) is 19.3 Å². The van der Waals surface area contributed by atoms with Crippen molar-refractivity contribution in [3.63, 3.8) is 0 Å². The molecule has 3 aromatic carbocycles. The van der Waals surface area contributed by atoms with Gasteiger partial charge in [0, 0.05) is 19.5 Å². The van der Waals surface area contributed by atoms with Crippen LogP contribution in [0.2, 0.25) is 0 Å². The number of hydrogen-bond acceptors (Lipinski definition) is 5. The molecule has 1 aromatic heterocycles. The maximum atomic E-state index is 15.2. The second-order valence-corrected chi connectivity index (χ2v) is 8.90. The molecule has 0 bridgehead atoms. The summed E-state index contributed by atoms with van der Waals surface area (Å²) >= 11 is 1.23. The lowest BCUT2D eigenvalue weighted by atomic mass is 10.0. The number of nitrogens with zero attached hydrogens (tertiary/aromatic N) is 3. The fourth-order valence-electron chi connectivity index (χ4n) is 4.22. The van der Waals surface area contributed by atoms with E-state index < -0.39 is 41.2 Å². The van der Waals surface area contributed by atoms with Crippen molar-refractivity contribution < 1.29 is 27.6 Å². The summed E-state index contributed by atoms with van der Waals surface area (Å²) in [6.45, 7) is 0. The van der Waals surface area contributed by atoms with Crippen LogP contribution in [0.25, 0.3) is 10.2 Å². The number of hydrogen-bond donors (Lipinski definition) is 0. The summed E-state index contributed by atoms with van der Waals surface area (Å²) in [5, 5.41) is 0. The lowest BCUT2D eigenvalue weighted by Crippen LogP contribution is -2.51. The lowest BCUT2D eigenvalue weighted by molar-refractivity contribution is -0.122. The molecule has 2 heterocycles. The number of carbonyl (C=O) groups excluding carboxylic acids is 3. The van der Waals surface area contributed by atoms with E-state index in [1.807, 2.05) is 0 Å². The minimum atomic E-state index is -1.49. The van der Waals surface area contributed by atoms with E-state index in [9.17, 15) is 23.2 Å². The van der Waals surface area contributed by atoms with E-state index in [1.165, 1.54) is 42.1 Å². The van der Waals surface area contributed by atoms with Crippen LogP contribution in [0.3, 0.4) is 0 Å². The Kier molecular flexibility index (Phi) is 6.87. The predicted molar refractivity (Wildman–Crippen MR) is 134 cm³/mol. The Labute approximate surface area is 214 Å². The van der Waals surface area contributed by atoms with Gasteiger partial charge in [0.1, 0.15) is 23.2 Å². The maximum Gasteiger partial charge on any atom is 0.262 e. The highest BCUT2D eigenvalue weighted by Crippen LogP contribution is 2.31. The van der Waals surface area contributed by atoms with Crippen molar-refractivity contribution >= 4 is 58.5 Å². The molecule has 0 N–H and O–H groups in total. The molecular weight excluding hydrogens is 511 g/mol. The van der Waals surface area contributed by atoms with Crippen LogP contribution < -0.4 is 4.90 Å². The second kappa shape index (κ2) is 9.75. The molecule has 0 spiro atoms. The number of fused-ring (bicyclic) bond motifs is 2. The van der Waals surface area contributed by atoms with Crippen molar-refractivity contribution in [1.82, 2.24) is 9.88 Å². The van der Waals surface area contributed by atoms with Crippen molar-refractivity contribution in [2.24, 2.45) is 0 Å². The van der Waals surface area contributed by atoms with Crippen molar-refractivity contribution in [3.8, 4) is 0 Å². The maximum absolute atomic E-state index is 15.2. The standard InChI is InChI=1S/C25H16F3N3O3S.H2S/c1-30(18-6-7-20-22(21(18)28)29-12-35-20)25(34)19(10-13-8-14(26)11-15(27)9-13)31-23(32)16-4-2-3-5-17(16)24(31)33;/h2-9,11-12,19H,10H2,1H3;1H2/t19-;/m0./s1. The highest BCUT2D eigenvalue weighted by Gasteiger charge is 2.44. The van der Waals surface area contributed by atoms with Crippen LogP contribution in [-0.2, 0) is 11.2 Å². The highest BCUT2D eigenvalue weighted by molar-refractivity contribution is 7.59. The molecule has 0 fully saturated rings. The van der Waals surface area contributed by atoms with Crippen LogP contribution in [0.4, 0.5) is 18.9 Å². The molecule has 1 aliphatic rings. The van der Waals surface area contributed by atoms with E-state index in [0.29, 0.717) is 10.8 Å². The Morgan fingerprint density at radius 1 is 1.00 bits per heavy atom. The van der Waals surface area contributed by atoms with Crippen LogP contribution >= 0.6 is 24.8 Å². The topological polar surface area (TPSA) is 70.6 Å². The number of aromatic nitrogens is 1. The minimum absolute atomic E-state index is 0. The van der Waals surface area contributed by atoms with E-state index >= 15 is 4.39 Å². The third-order valence-corrected chi connectivity index (χ3v) is 6.68. The summed E-state index contributed by atoms with van der Waals surface area (Å²) in [5.41, 5.74) is 1.72. The van der Waals surface area contributed by atoms with Gasteiger partial charge >= 0.3 is 0 Å². The van der Waals surface area contributed by atoms with Crippen molar-refractivity contribution in [2.45, 2.75) is 12.5 Å². The first-order valence-electron chi connectivity index (χ1n) is 10.5. The molecule has 4 aromatic rings. The van der Waals surface area contributed by atoms with E-state index in [1.54, 1.807) is 18.2 Å². The first kappa shape index (κ1) is 25.4. The van der Waals surface area contributed by atoms with Gasteiger partial charge in [-0.15, -0.1) is 11.3 Å². The number of benzene rings is 3. The Balaban J connectivity index is 0.00000304. The summed E-state index contributed by atoms with van der Waals surface area (Å²) < 4.78 is 43.5. The van der Waals surface area contributed by atoms with Crippen LogP contribution in [0.15, 0.2) is 60.1 Å². The molecule has 6 nitrogen and oxygen atoms in total. The minimum Gasteiger partial charge on any atom is -0.311 e.